The van der Waals surface area contributed by atoms with Gasteiger partial charge in [-0.25, -0.2) is 9.78 Å². The number of methoxy groups -OCH3 is 1. The molecule has 0 fully saturated rings. The Balaban J connectivity index is 1.74. The number of aromatic amines is 1. The third-order valence-electron chi connectivity index (χ3n) is 5.13. The van der Waals surface area contributed by atoms with E-state index in [1.807, 2.05) is 13.8 Å². The molecule has 0 amide bonds. The zero-order valence-electron chi connectivity index (χ0n) is 18.4. The van der Waals surface area contributed by atoms with Gasteiger partial charge >= 0.3 is 11.5 Å². The van der Waals surface area contributed by atoms with Gasteiger partial charge in [0.25, 0.3) is 0 Å². The first-order chi connectivity index (χ1) is 15.8. The second kappa shape index (κ2) is 8.83. The summed E-state index contributed by atoms with van der Waals surface area (Å²) in [6.07, 6.45) is 0. The quantitative estimate of drug-likeness (QED) is 0.374. The van der Waals surface area contributed by atoms with Crippen LogP contribution in [0.5, 0.6) is 5.75 Å². The Morgan fingerprint density at radius 1 is 1.15 bits per heavy atom. The van der Waals surface area contributed by atoms with Gasteiger partial charge in [-0.2, -0.15) is 4.68 Å². The van der Waals surface area contributed by atoms with Crippen molar-refractivity contribution in [3.05, 3.63) is 74.6 Å². The number of hydrogen-bond acceptors (Lipinski definition) is 7. The van der Waals surface area contributed by atoms with Crippen LogP contribution in [0.25, 0.3) is 16.3 Å². The largest absolute Gasteiger partial charge is 0.494 e. The number of thiazole rings is 1. The van der Waals surface area contributed by atoms with E-state index >= 15 is 0 Å². The monoisotopic (exact) mass is 463 g/mol. The van der Waals surface area contributed by atoms with Crippen LogP contribution < -0.4 is 10.3 Å². The van der Waals surface area contributed by atoms with Gasteiger partial charge in [-0.05, 0) is 44.5 Å². The number of aromatic nitrogens is 3. The molecule has 2 N–H and O–H groups in total. The van der Waals surface area contributed by atoms with Crippen molar-refractivity contribution in [3.63, 3.8) is 0 Å². The highest BCUT2D eigenvalue weighted by atomic mass is 32.1. The van der Waals surface area contributed by atoms with Crippen LogP contribution in [0.1, 0.15) is 26.6 Å². The van der Waals surface area contributed by atoms with E-state index in [2.05, 4.69) is 20.3 Å². The molecule has 2 aromatic carbocycles. The molecule has 0 saturated heterocycles. The van der Waals surface area contributed by atoms with Crippen molar-refractivity contribution in [2.45, 2.75) is 20.8 Å². The number of H-pyrrole nitrogens is 1. The first kappa shape index (κ1) is 22.2. The van der Waals surface area contributed by atoms with Gasteiger partial charge in [0.1, 0.15) is 5.69 Å². The SMILES string of the molecule is COc1c(N=Nc2c(C)[nH]n(-c3nc(C)c(C)s3)c2=O)cccc1-c1cccc(C(=O)O)c1. The topological polar surface area (TPSA) is 122 Å². The number of hydrogen-bond donors (Lipinski definition) is 2. The van der Waals surface area contributed by atoms with Crippen LogP contribution in [0, 0.1) is 20.8 Å². The highest BCUT2D eigenvalue weighted by Crippen LogP contribution is 2.39. The minimum absolute atomic E-state index is 0.165. The number of aromatic carboxylic acids is 1. The van der Waals surface area contributed by atoms with Gasteiger partial charge in [0.2, 0.25) is 5.13 Å². The van der Waals surface area contributed by atoms with E-state index < -0.39 is 5.97 Å². The molecule has 168 valence electrons. The molecule has 9 nitrogen and oxygen atoms in total. The maximum Gasteiger partial charge on any atom is 0.335 e. The number of nitrogens with one attached hydrogen (secondary N) is 1. The molecule has 33 heavy (non-hydrogen) atoms. The van der Waals surface area contributed by atoms with E-state index in [-0.39, 0.29) is 16.8 Å². The Morgan fingerprint density at radius 2 is 1.91 bits per heavy atom. The Kier molecular flexibility index (Phi) is 5.93. The molecule has 0 aliphatic heterocycles. The third-order valence-corrected chi connectivity index (χ3v) is 6.18. The second-order valence-electron chi connectivity index (χ2n) is 7.31. The van der Waals surface area contributed by atoms with Crippen LogP contribution >= 0.6 is 11.3 Å². The zero-order valence-corrected chi connectivity index (χ0v) is 19.2. The number of carbonyl (C=O) groups is 1. The third kappa shape index (κ3) is 4.20. The number of nitrogens with zero attached hydrogens (tertiary/aromatic N) is 4. The smallest absolute Gasteiger partial charge is 0.335 e. The number of azo groups is 1. The van der Waals surface area contributed by atoms with Crippen LogP contribution in [0.3, 0.4) is 0 Å². The number of carboxylic acids is 1. The Morgan fingerprint density at radius 3 is 2.58 bits per heavy atom. The molecule has 0 unspecified atom stereocenters. The molecule has 2 heterocycles. The van der Waals surface area contributed by atoms with Crippen LogP contribution in [0.4, 0.5) is 11.4 Å². The molecule has 0 aliphatic rings. The second-order valence-corrected chi connectivity index (χ2v) is 8.49. The van der Waals surface area contributed by atoms with Gasteiger partial charge in [-0.3, -0.25) is 9.89 Å². The number of rotatable bonds is 6. The molecule has 0 atom stereocenters. The van der Waals surface area contributed by atoms with Crippen molar-refractivity contribution in [2.75, 3.05) is 7.11 Å². The number of para-hydroxylation sites is 1. The van der Waals surface area contributed by atoms with Crippen molar-refractivity contribution in [2.24, 2.45) is 10.2 Å². The average Bonchev–Trinajstić information content (AvgIpc) is 3.29. The van der Waals surface area contributed by atoms with Gasteiger partial charge in [0.15, 0.2) is 11.4 Å². The normalized spacial score (nSPS) is 11.3. The molecule has 10 heteroatoms. The molecule has 0 aliphatic carbocycles. The molecule has 4 rings (SSSR count). The number of aryl methyl sites for hydroxylation is 3. The lowest BCUT2D eigenvalue weighted by Crippen LogP contribution is -2.13. The van der Waals surface area contributed by atoms with E-state index in [1.54, 1.807) is 43.3 Å². The summed E-state index contributed by atoms with van der Waals surface area (Å²) in [6.45, 7) is 5.58. The molecule has 0 bridgehead atoms. The van der Waals surface area contributed by atoms with Crippen molar-refractivity contribution in [3.8, 4) is 22.0 Å². The van der Waals surface area contributed by atoms with Crippen molar-refractivity contribution >= 4 is 28.7 Å². The first-order valence-electron chi connectivity index (χ1n) is 9.98. The molecule has 2 aromatic heterocycles. The maximum atomic E-state index is 12.9. The van der Waals surface area contributed by atoms with Gasteiger partial charge in [-0.15, -0.1) is 10.2 Å². The summed E-state index contributed by atoms with van der Waals surface area (Å²) in [7, 11) is 1.50. The number of carboxylic acid groups (broad SMARTS) is 1. The van der Waals surface area contributed by atoms with Gasteiger partial charge in [-0.1, -0.05) is 35.6 Å². The fraction of sp³-hybridized carbons (Fsp3) is 0.174. The highest BCUT2D eigenvalue weighted by molar-refractivity contribution is 7.14. The summed E-state index contributed by atoms with van der Waals surface area (Å²) in [5, 5.41) is 21.3. The molecule has 0 radical (unpaired) electrons. The first-order valence-corrected chi connectivity index (χ1v) is 10.8. The molecular formula is C23H21N5O4S. The fourth-order valence-electron chi connectivity index (χ4n) is 3.31. The lowest BCUT2D eigenvalue weighted by atomic mass is 10.0. The van der Waals surface area contributed by atoms with E-state index in [9.17, 15) is 14.7 Å². The predicted molar refractivity (Wildman–Crippen MR) is 126 cm³/mol. The molecule has 0 spiro atoms. The number of ether oxygens (including phenoxy) is 1. The van der Waals surface area contributed by atoms with E-state index in [0.717, 1.165) is 10.6 Å². The Labute approximate surface area is 193 Å². The van der Waals surface area contributed by atoms with Crippen LogP contribution in [0.2, 0.25) is 0 Å². The van der Waals surface area contributed by atoms with Crippen molar-refractivity contribution < 1.29 is 14.6 Å². The van der Waals surface area contributed by atoms with E-state index in [4.69, 9.17) is 4.74 Å². The van der Waals surface area contributed by atoms with Crippen molar-refractivity contribution in [1.29, 1.82) is 0 Å². The summed E-state index contributed by atoms with van der Waals surface area (Å²) in [5.74, 6) is -0.597. The van der Waals surface area contributed by atoms with Crippen LogP contribution in [-0.2, 0) is 0 Å². The summed E-state index contributed by atoms with van der Waals surface area (Å²) in [6, 6.07) is 11.8. The lowest BCUT2D eigenvalue weighted by Gasteiger charge is -2.11. The maximum absolute atomic E-state index is 12.9. The minimum atomic E-state index is -1.02. The Bertz CT molecular complexity index is 1430. The van der Waals surface area contributed by atoms with E-state index in [1.165, 1.54) is 29.2 Å². The zero-order chi connectivity index (χ0) is 23.7. The van der Waals surface area contributed by atoms with Crippen LogP contribution in [0.15, 0.2) is 57.5 Å². The average molecular weight is 464 g/mol. The molecule has 0 saturated carbocycles. The lowest BCUT2D eigenvalue weighted by molar-refractivity contribution is 0.0697. The standard InChI is InChI=1S/C23H21N5O4S/c1-12-14(3)33-23(24-12)28-21(29)19(13(2)27-28)26-25-18-10-6-9-17(20(18)32-4)15-7-5-8-16(11-15)22(30)31/h5-11,27H,1-4H3,(H,30,31). The number of benzene rings is 2. The van der Waals surface area contributed by atoms with Crippen LogP contribution in [-0.4, -0.2) is 33.0 Å². The van der Waals surface area contributed by atoms with Gasteiger partial charge in [0.05, 0.1) is 24.1 Å². The summed E-state index contributed by atoms with van der Waals surface area (Å²) >= 11 is 1.41. The minimum Gasteiger partial charge on any atom is -0.494 e. The summed E-state index contributed by atoms with van der Waals surface area (Å²) in [4.78, 5) is 29.7. The fourth-order valence-corrected chi connectivity index (χ4v) is 4.18. The summed E-state index contributed by atoms with van der Waals surface area (Å²) < 4.78 is 6.93. The van der Waals surface area contributed by atoms with Crippen molar-refractivity contribution in [1.82, 2.24) is 14.8 Å². The molecule has 4 aromatic rings. The molecular weight excluding hydrogens is 442 g/mol. The van der Waals surface area contributed by atoms with Gasteiger partial charge in [0, 0.05) is 10.4 Å². The Hall–Kier alpha value is -4.05. The predicted octanol–water partition coefficient (Wildman–Crippen LogP) is 5.34. The highest BCUT2D eigenvalue weighted by Gasteiger charge is 2.17. The van der Waals surface area contributed by atoms with E-state index in [0.29, 0.717) is 33.4 Å². The summed E-state index contributed by atoms with van der Waals surface area (Å²) in [5.41, 5.74) is 3.13. The van der Waals surface area contributed by atoms with Gasteiger partial charge < -0.3 is 9.84 Å².